The second-order valence-corrected chi connectivity index (χ2v) is 3.25. The second kappa shape index (κ2) is 8.57. The summed E-state index contributed by atoms with van der Waals surface area (Å²) in [4.78, 5) is 0. The Morgan fingerprint density at radius 3 is 2.33 bits per heavy atom. The maximum absolute atomic E-state index is 5.37. The third-order valence-electron chi connectivity index (χ3n) is 1.99. The first kappa shape index (κ1) is 14.3. The Kier molecular flexibility index (Phi) is 8.15. The van der Waals surface area contributed by atoms with E-state index in [9.17, 15) is 0 Å². The monoisotopic (exact) mass is 229 g/mol. The standard InChI is InChI=1S/C12H19NO.ClH/c1-3-9-13-10-11-5-7-12(8-6-11)14-4-2;/h5-8,13H,3-4,9-10H2,1-2H3;1H. The zero-order valence-corrected chi connectivity index (χ0v) is 10.3. The Bertz CT molecular complexity index is 248. The highest BCUT2D eigenvalue weighted by Gasteiger charge is 1.93. The molecule has 1 N–H and O–H groups in total. The molecule has 0 amide bonds. The molecular weight excluding hydrogens is 210 g/mol. The van der Waals surface area contributed by atoms with Gasteiger partial charge in [-0.3, -0.25) is 0 Å². The summed E-state index contributed by atoms with van der Waals surface area (Å²) in [5, 5.41) is 3.36. The van der Waals surface area contributed by atoms with Crippen molar-refractivity contribution in [2.75, 3.05) is 13.2 Å². The van der Waals surface area contributed by atoms with Crippen LogP contribution in [0.4, 0.5) is 0 Å². The van der Waals surface area contributed by atoms with Gasteiger partial charge in [0.25, 0.3) is 0 Å². The van der Waals surface area contributed by atoms with Crippen LogP contribution in [-0.4, -0.2) is 13.2 Å². The van der Waals surface area contributed by atoms with Crippen LogP contribution in [0.1, 0.15) is 25.8 Å². The molecule has 0 radical (unpaired) electrons. The summed E-state index contributed by atoms with van der Waals surface area (Å²) in [6.07, 6.45) is 1.18. The summed E-state index contributed by atoms with van der Waals surface area (Å²) < 4.78 is 5.37. The average molecular weight is 230 g/mol. The van der Waals surface area contributed by atoms with E-state index in [1.807, 2.05) is 19.1 Å². The second-order valence-electron chi connectivity index (χ2n) is 3.25. The quantitative estimate of drug-likeness (QED) is 0.758. The van der Waals surface area contributed by atoms with Crippen LogP contribution in [0.3, 0.4) is 0 Å². The van der Waals surface area contributed by atoms with E-state index >= 15 is 0 Å². The van der Waals surface area contributed by atoms with Crippen molar-refractivity contribution in [1.29, 1.82) is 0 Å². The number of hydrogen-bond donors (Lipinski definition) is 1. The number of ether oxygens (including phenoxy) is 1. The molecule has 1 rings (SSSR count). The number of nitrogens with one attached hydrogen (secondary N) is 1. The van der Waals surface area contributed by atoms with Gasteiger partial charge in [0, 0.05) is 6.54 Å². The summed E-state index contributed by atoms with van der Waals surface area (Å²) in [5.41, 5.74) is 1.31. The van der Waals surface area contributed by atoms with Crippen molar-refractivity contribution in [3.8, 4) is 5.75 Å². The molecule has 0 atom stereocenters. The first-order chi connectivity index (χ1) is 6.86. The van der Waals surface area contributed by atoms with Crippen LogP contribution in [0, 0.1) is 0 Å². The molecule has 2 nitrogen and oxygen atoms in total. The van der Waals surface area contributed by atoms with E-state index in [1.165, 1.54) is 12.0 Å². The Balaban J connectivity index is 0.00000196. The van der Waals surface area contributed by atoms with Crippen LogP contribution < -0.4 is 10.1 Å². The Morgan fingerprint density at radius 1 is 1.13 bits per heavy atom. The molecule has 1 aromatic rings. The Hall–Kier alpha value is -0.730. The molecule has 0 spiro atoms. The highest BCUT2D eigenvalue weighted by atomic mass is 35.5. The van der Waals surface area contributed by atoms with Gasteiger partial charge in [0.05, 0.1) is 6.61 Å². The van der Waals surface area contributed by atoms with Gasteiger partial charge in [-0.05, 0) is 37.6 Å². The summed E-state index contributed by atoms with van der Waals surface area (Å²) in [7, 11) is 0. The van der Waals surface area contributed by atoms with Gasteiger partial charge in [0.2, 0.25) is 0 Å². The summed E-state index contributed by atoms with van der Waals surface area (Å²) >= 11 is 0. The molecule has 1 aromatic carbocycles. The molecule has 0 fully saturated rings. The van der Waals surface area contributed by atoms with Gasteiger partial charge in [-0.15, -0.1) is 12.4 Å². The van der Waals surface area contributed by atoms with Gasteiger partial charge in [-0.25, -0.2) is 0 Å². The molecule has 3 heteroatoms. The van der Waals surface area contributed by atoms with Crippen LogP contribution in [0.25, 0.3) is 0 Å². The largest absolute Gasteiger partial charge is 0.494 e. The summed E-state index contributed by atoms with van der Waals surface area (Å²) in [5.74, 6) is 0.951. The van der Waals surface area contributed by atoms with Crippen molar-refractivity contribution < 1.29 is 4.74 Å². The first-order valence-corrected chi connectivity index (χ1v) is 5.29. The lowest BCUT2D eigenvalue weighted by atomic mass is 10.2. The summed E-state index contributed by atoms with van der Waals surface area (Å²) in [6, 6.07) is 8.25. The molecule has 0 saturated carbocycles. The van der Waals surface area contributed by atoms with E-state index in [0.717, 1.165) is 25.4 Å². The van der Waals surface area contributed by atoms with Crippen molar-refractivity contribution in [1.82, 2.24) is 5.32 Å². The van der Waals surface area contributed by atoms with Crippen molar-refractivity contribution >= 4 is 12.4 Å². The van der Waals surface area contributed by atoms with Crippen LogP contribution >= 0.6 is 12.4 Å². The van der Waals surface area contributed by atoms with Crippen molar-refractivity contribution in [3.05, 3.63) is 29.8 Å². The predicted molar refractivity (Wildman–Crippen MR) is 66.9 cm³/mol. The number of rotatable bonds is 6. The fourth-order valence-electron chi connectivity index (χ4n) is 1.28. The molecule has 0 saturated heterocycles. The minimum Gasteiger partial charge on any atom is -0.494 e. The SMILES string of the molecule is CCCNCc1ccc(OCC)cc1.Cl. The van der Waals surface area contributed by atoms with Gasteiger partial charge in [0.1, 0.15) is 5.75 Å². The van der Waals surface area contributed by atoms with E-state index in [0.29, 0.717) is 0 Å². The Labute approximate surface area is 98.4 Å². The third kappa shape index (κ3) is 5.65. The molecule has 0 aromatic heterocycles. The molecule has 86 valence electrons. The minimum atomic E-state index is 0. The maximum atomic E-state index is 5.37. The van der Waals surface area contributed by atoms with Crippen LogP contribution in [0.2, 0.25) is 0 Å². The van der Waals surface area contributed by atoms with Gasteiger partial charge in [-0.2, -0.15) is 0 Å². The fourth-order valence-corrected chi connectivity index (χ4v) is 1.28. The molecular formula is C12H20ClNO. The number of benzene rings is 1. The molecule has 0 aliphatic heterocycles. The fraction of sp³-hybridized carbons (Fsp3) is 0.500. The van der Waals surface area contributed by atoms with Crippen LogP contribution in [0.5, 0.6) is 5.75 Å². The topological polar surface area (TPSA) is 21.3 Å². The van der Waals surface area contributed by atoms with Crippen molar-refractivity contribution in [2.24, 2.45) is 0 Å². The predicted octanol–water partition coefficient (Wildman–Crippen LogP) is 3.01. The van der Waals surface area contributed by atoms with Gasteiger partial charge in [-0.1, -0.05) is 19.1 Å². The lowest BCUT2D eigenvalue weighted by Gasteiger charge is -2.05. The average Bonchev–Trinajstić information content (AvgIpc) is 2.21. The van der Waals surface area contributed by atoms with Crippen LogP contribution in [-0.2, 0) is 6.54 Å². The Morgan fingerprint density at radius 2 is 1.80 bits per heavy atom. The molecule has 0 aliphatic carbocycles. The lowest BCUT2D eigenvalue weighted by Crippen LogP contribution is -2.13. The van der Waals surface area contributed by atoms with Gasteiger partial charge < -0.3 is 10.1 Å². The highest BCUT2D eigenvalue weighted by Crippen LogP contribution is 2.11. The smallest absolute Gasteiger partial charge is 0.119 e. The number of hydrogen-bond acceptors (Lipinski definition) is 2. The van der Waals surface area contributed by atoms with E-state index in [1.54, 1.807) is 0 Å². The summed E-state index contributed by atoms with van der Waals surface area (Å²) in [6.45, 7) is 6.92. The normalized spacial score (nSPS) is 9.47. The first-order valence-electron chi connectivity index (χ1n) is 5.29. The lowest BCUT2D eigenvalue weighted by molar-refractivity contribution is 0.340. The maximum Gasteiger partial charge on any atom is 0.119 e. The van der Waals surface area contributed by atoms with Crippen molar-refractivity contribution in [2.45, 2.75) is 26.8 Å². The molecule has 0 aliphatic rings. The molecule has 0 unspecified atom stereocenters. The zero-order valence-electron chi connectivity index (χ0n) is 9.45. The zero-order chi connectivity index (χ0) is 10.2. The van der Waals surface area contributed by atoms with Gasteiger partial charge >= 0.3 is 0 Å². The minimum absolute atomic E-state index is 0. The molecule has 0 bridgehead atoms. The van der Waals surface area contributed by atoms with Gasteiger partial charge in [0.15, 0.2) is 0 Å². The van der Waals surface area contributed by atoms with Crippen LogP contribution in [0.15, 0.2) is 24.3 Å². The third-order valence-corrected chi connectivity index (χ3v) is 1.99. The van der Waals surface area contributed by atoms with E-state index < -0.39 is 0 Å². The molecule has 0 heterocycles. The van der Waals surface area contributed by atoms with E-state index in [2.05, 4.69) is 24.4 Å². The van der Waals surface area contributed by atoms with Crippen molar-refractivity contribution in [3.63, 3.8) is 0 Å². The highest BCUT2D eigenvalue weighted by molar-refractivity contribution is 5.85. The molecule has 15 heavy (non-hydrogen) atoms. The number of halogens is 1. The van der Waals surface area contributed by atoms with E-state index in [4.69, 9.17) is 4.74 Å². The van der Waals surface area contributed by atoms with E-state index in [-0.39, 0.29) is 12.4 Å².